The van der Waals surface area contributed by atoms with E-state index in [9.17, 15) is 4.79 Å². The zero-order valence-electron chi connectivity index (χ0n) is 14.0. The number of nitrogens with one attached hydrogen (secondary N) is 1. The summed E-state index contributed by atoms with van der Waals surface area (Å²) in [5.41, 5.74) is 2.27. The Morgan fingerprint density at radius 1 is 1.11 bits per heavy atom. The number of fused-ring (bicyclic) bond motifs is 2. The zero-order valence-corrected chi connectivity index (χ0v) is 14.8. The predicted molar refractivity (Wildman–Crippen MR) is 98.9 cm³/mol. The van der Waals surface area contributed by atoms with Crippen molar-refractivity contribution >= 4 is 27.5 Å². The molecule has 2 aromatic heterocycles. The first-order valence-electron chi connectivity index (χ1n) is 8.26. The minimum absolute atomic E-state index is 0.220. The Hall–Kier alpha value is -3.39. The van der Waals surface area contributed by atoms with Crippen molar-refractivity contribution in [3.63, 3.8) is 0 Å². The molecule has 0 unspecified atom stereocenters. The number of hydrogen-bond donors (Lipinski definition) is 1. The number of carbonyl (C=O) groups is 1. The van der Waals surface area contributed by atoms with Crippen LogP contribution in [0, 0.1) is 0 Å². The van der Waals surface area contributed by atoms with Crippen LogP contribution in [0.4, 0.5) is 0 Å². The third kappa shape index (κ3) is 3.00. The largest absolute Gasteiger partial charge is 0.454 e. The van der Waals surface area contributed by atoms with Crippen LogP contribution in [0.1, 0.15) is 15.5 Å². The van der Waals surface area contributed by atoms with Crippen molar-refractivity contribution in [2.75, 3.05) is 6.79 Å². The summed E-state index contributed by atoms with van der Waals surface area (Å²) in [5.74, 6) is 1.75. The number of carbonyl (C=O) groups excluding carboxylic acids is 1. The monoisotopic (exact) mass is 379 g/mol. The number of ether oxygens (including phenoxy) is 2. The molecule has 1 amide bonds. The lowest BCUT2D eigenvalue weighted by atomic mass is 10.1. The summed E-state index contributed by atoms with van der Waals surface area (Å²) in [7, 11) is 0. The lowest BCUT2D eigenvalue weighted by Crippen LogP contribution is -2.22. The van der Waals surface area contributed by atoms with E-state index in [1.807, 2.05) is 42.5 Å². The van der Waals surface area contributed by atoms with Crippen LogP contribution in [0.25, 0.3) is 21.5 Å². The van der Waals surface area contributed by atoms with E-state index in [4.69, 9.17) is 14.0 Å². The molecular formula is C19H13N3O4S. The van der Waals surface area contributed by atoms with Crippen LogP contribution in [0.15, 0.2) is 53.1 Å². The molecule has 0 fully saturated rings. The van der Waals surface area contributed by atoms with Gasteiger partial charge in [0.2, 0.25) is 6.79 Å². The first-order chi connectivity index (χ1) is 13.3. The van der Waals surface area contributed by atoms with Gasteiger partial charge in [0.1, 0.15) is 5.69 Å². The zero-order chi connectivity index (χ0) is 18.2. The fourth-order valence-corrected chi connectivity index (χ4v) is 3.68. The summed E-state index contributed by atoms with van der Waals surface area (Å²) in [6.07, 6.45) is 0. The highest BCUT2D eigenvalue weighted by atomic mass is 32.1. The maximum atomic E-state index is 12.3. The van der Waals surface area contributed by atoms with Crippen LogP contribution in [-0.4, -0.2) is 22.8 Å². The molecule has 4 aromatic rings. The lowest BCUT2D eigenvalue weighted by molar-refractivity contribution is 0.0950. The van der Waals surface area contributed by atoms with Gasteiger partial charge in [0.05, 0.1) is 16.8 Å². The van der Waals surface area contributed by atoms with Gasteiger partial charge < -0.3 is 19.3 Å². The average molecular weight is 379 g/mol. The normalized spacial score (nSPS) is 12.4. The SMILES string of the molecule is O=C(NCc1cc(-c2ccc3c(c2)OCO3)on1)c1nc2ccccc2s1. The third-order valence-corrected chi connectivity index (χ3v) is 5.17. The molecule has 0 radical (unpaired) electrons. The molecule has 134 valence electrons. The molecule has 0 bridgehead atoms. The standard InChI is InChI=1S/C19H13N3O4S/c23-18(19-21-13-3-1-2-4-17(13)27-19)20-9-12-8-15(26-22-12)11-5-6-14-16(7-11)25-10-24-14/h1-8H,9-10H2,(H,20,23). The summed E-state index contributed by atoms with van der Waals surface area (Å²) in [4.78, 5) is 16.7. The highest BCUT2D eigenvalue weighted by Crippen LogP contribution is 2.36. The molecule has 2 aromatic carbocycles. The molecule has 0 saturated heterocycles. The van der Waals surface area contributed by atoms with Crippen molar-refractivity contribution in [2.45, 2.75) is 6.54 Å². The van der Waals surface area contributed by atoms with Gasteiger partial charge in [-0.2, -0.15) is 0 Å². The quantitative estimate of drug-likeness (QED) is 0.583. The molecule has 1 aliphatic rings. The molecule has 27 heavy (non-hydrogen) atoms. The number of rotatable bonds is 4. The first-order valence-corrected chi connectivity index (χ1v) is 9.07. The van der Waals surface area contributed by atoms with E-state index in [-0.39, 0.29) is 19.2 Å². The Balaban J connectivity index is 1.28. The minimum Gasteiger partial charge on any atom is -0.454 e. The van der Waals surface area contributed by atoms with Crippen LogP contribution in [0.3, 0.4) is 0 Å². The van der Waals surface area contributed by atoms with Gasteiger partial charge in [-0.05, 0) is 30.3 Å². The number of aromatic nitrogens is 2. The maximum absolute atomic E-state index is 12.3. The highest BCUT2D eigenvalue weighted by Gasteiger charge is 2.17. The molecule has 3 heterocycles. The second kappa shape index (κ2) is 6.40. The van der Waals surface area contributed by atoms with E-state index in [2.05, 4.69) is 15.5 Å². The molecule has 0 aliphatic carbocycles. The van der Waals surface area contributed by atoms with E-state index < -0.39 is 0 Å². The van der Waals surface area contributed by atoms with Gasteiger partial charge in [-0.15, -0.1) is 11.3 Å². The van der Waals surface area contributed by atoms with Gasteiger partial charge in [-0.3, -0.25) is 4.79 Å². The van der Waals surface area contributed by atoms with Gasteiger partial charge in [-0.25, -0.2) is 4.98 Å². The predicted octanol–water partition coefficient (Wildman–Crippen LogP) is 3.61. The van der Waals surface area contributed by atoms with Crippen molar-refractivity contribution < 1.29 is 18.8 Å². The summed E-state index contributed by atoms with van der Waals surface area (Å²) in [5, 5.41) is 7.27. The van der Waals surface area contributed by atoms with Crippen molar-refractivity contribution in [1.82, 2.24) is 15.5 Å². The van der Waals surface area contributed by atoms with Gasteiger partial charge in [0.15, 0.2) is 22.3 Å². The number of nitrogens with zero attached hydrogens (tertiary/aromatic N) is 2. The fourth-order valence-electron chi connectivity index (χ4n) is 2.80. The lowest BCUT2D eigenvalue weighted by Gasteiger charge is -1.99. The average Bonchev–Trinajstić information content (AvgIpc) is 3.44. The van der Waals surface area contributed by atoms with Crippen LogP contribution < -0.4 is 14.8 Å². The van der Waals surface area contributed by atoms with Crippen molar-refractivity contribution in [2.24, 2.45) is 0 Å². The Kier molecular flexibility index (Phi) is 3.75. The smallest absolute Gasteiger partial charge is 0.280 e. The summed E-state index contributed by atoms with van der Waals surface area (Å²) in [6, 6.07) is 15.0. The van der Waals surface area contributed by atoms with E-state index in [1.165, 1.54) is 11.3 Å². The van der Waals surface area contributed by atoms with Gasteiger partial charge in [0.25, 0.3) is 5.91 Å². The van der Waals surface area contributed by atoms with E-state index >= 15 is 0 Å². The second-order valence-electron chi connectivity index (χ2n) is 5.92. The Bertz CT molecular complexity index is 1120. The van der Waals surface area contributed by atoms with Gasteiger partial charge in [0, 0.05) is 11.6 Å². The maximum Gasteiger partial charge on any atom is 0.280 e. The molecule has 8 heteroatoms. The molecule has 0 atom stereocenters. The summed E-state index contributed by atoms with van der Waals surface area (Å²) in [6.45, 7) is 0.473. The third-order valence-electron chi connectivity index (χ3n) is 4.13. The van der Waals surface area contributed by atoms with Crippen LogP contribution >= 0.6 is 11.3 Å². The molecule has 1 N–H and O–H groups in total. The van der Waals surface area contributed by atoms with E-state index in [1.54, 1.807) is 6.07 Å². The molecular weight excluding hydrogens is 366 g/mol. The molecule has 7 nitrogen and oxygen atoms in total. The topological polar surface area (TPSA) is 86.5 Å². The van der Waals surface area contributed by atoms with Crippen LogP contribution in [0.5, 0.6) is 11.5 Å². The Labute approximate surface area is 157 Å². The number of amides is 1. The van der Waals surface area contributed by atoms with E-state index in [0.29, 0.717) is 28.0 Å². The number of benzene rings is 2. The van der Waals surface area contributed by atoms with Crippen molar-refractivity contribution in [1.29, 1.82) is 0 Å². The van der Waals surface area contributed by atoms with Gasteiger partial charge >= 0.3 is 0 Å². The first kappa shape index (κ1) is 15.8. The summed E-state index contributed by atoms with van der Waals surface area (Å²) >= 11 is 1.36. The molecule has 0 saturated carbocycles. The Morgan fingerprint density at radius 2 is 2.00 bits per heavy atom. The molecule has 1 aliphatic heterocycles. The van der Waals surface area contributed by atoms with Crippen molar-refractivity contribution in [3.8, 4) is 22.8 Å². The minimum atomic E-state index is -0.233. The van der Waals surface area contributed by atoms with Crippen LogP contribution in [0.2, 0.25) is 0 Å². The number of thiazole rings is 1. The number of para-hydroxylation sites is 1. The van der Waals surface area contributed by atoms with Crippen LogP contribution in [-0.2, 0) is 6.54 Å². The van der Waals surface area contributed by atoms with E-state index in [0.717, 1.165) is 15.8 Å². The van der Waals surface area contributed by atoms with Crippen molar-refractivity contribution in [3.05, 3.63) is 59.2 Å². The molecule has 0 spiro atoms. The fraction of sp³-hybridized carbons (Fsp3) is 0.105. The Morgan fingerprint density at radius 3 is 2.93 bits per heavy atom. The second-order valence-corrected chi connectivity index (χ2v) is 6.95. The van der Waals surface area contributed by atoms with Gasteiger partial charge in [-0.1, -0.05) is 17.3 Å². The highest BCUT2D eigenvalue weighted by molar-refractivity contribution is 7.20. The summed E-state index contributed by atoms with van der Waals surface area (Å²) < 4.78 is 17.0. The molecule has 5 rings (SSSR count). The number of hydrogen-bond acceptors (Lipinski definition) is 7.